The number of likely N-dealkylation sites (tertiary alicyclic amines) is 3. The lowest BCUT2D eigenvalue weighted by Gasteiger charge is -2.31. The first-order valence-electron chi connectivity index (χ1n) is 33.9. The fraction of sp³-hybridized carbons (Fsp3) is 0.400. The number of aryl methyl sites for hydroxylation is 1. The summed E-state index contributed by atoms with van der Waals surface area (Å²) in [5.74, 6) is 6.83. The minimum atomic E-state index is -0.272. The molecule has 3 aromatic carbocycles. The second kappa shape index (κ2) is 30.9. The number of para-hydroxylation sites is 1. The molecule has 0 bridgehead atoms. The molecule has 101 heavy (non-hydrogen) atoms. The second-order valence-corrected chi connectivity index (χ2v) is 26.0. The molecule has 12 aromatic rings. The van der Waals surface area contributed by atoms with Gasteiger partial charge in [-0.2, -0.15) is 15.0 Å². The summed E-state index contributed by atoms with van der Waals surface area (Å²) < 4.78 is 18.8. The molecule has 3 unspecified atom stereocenters. The quantitative estimate of drug-likeness (QED) is 0.0465. The number of piperidine rings is 3. The Hall–Kier alpha value is -11.2. The predicted molar refractivity (Wildman–Crippen MR) is 381 cm³/mol. The van der Waals surface area contributed by atoms with E-state index in [2.05, 4.69) is 75.8 Å². The van der Waals surface area contributed by atoms with Crippen molar-refractivity contribution in [2.24, 2.45) is 17.8 Å². The molecule has 31 heteroatoms. The van der Waals surface area contributed by atoms with Gasteiger partial charge in [-0.25, -0.2) is 59.8 Å². The van der Waals surface area contributed by atoms with Crippen LogP contribution < -0.4 is 30.2 Å². The summed E-state index contributed by atoms with van der Waals surface area (Å²) in [6, 6.07) is 18.7. The highest BCUT2D eigenvalue weighted by Gasteiger charge is 2.28. The van der Waals surface area contributed by atoms with Crippen molar-refractivity contribution in [3.05, 3.63) is 127 Å². The van der Waals surface area contributed by atoms with Crippen LogP contribution in [-0.4, -0.2) is 181 Å². The van der Waals surface area contributed by atoms with E-state index in [4.69, 9.17) is 55.7 Å². The number of H-pyrrole nitrogens is 3. The number of aromatic nitrogens is 18. The Labute approximate surface area is 585 Å². The van der Waals surface area contributed by atoms with Gasteiger partial charge >= 0.3 is 0 Å². The normalized spacial score (nSPS) is 15.6. The summed E-state index contributed by atoms with van der Waals surface area (Å²) >= 11 is 6.50. The molecule has 0 spiro atoms. The summed E-state index contributed by atoms with van der Waals surface area (Å²) in [5, 5.41) is 13.1. The van der Waals surface area contributed by atoms with E-state index >= 15 is 0 Å². The number of hydrogen-bond donors (Lipinski definition) is 6. The van der Waals surface area contributed by atoms with E-state index in [9.17, 15) is 14.4 Å². The number of halogens is 1. The Balaban J connectivity index is 0.000000135. The van der Waals surface area contributed by atoms with Crippen molar-refractivity contribution in [1.82, 2.24) is 104 Å². The van der Waals surface area contributed by atoms with Crippen LogP contribution in [0.4, 0.5) is 17.5 Å². The Morgan fingerprint density at radius 2 is 0.812 bits per heavy atom. The number of imidazole rings is 3. The first kappa shape index (κ1) is 68.4. The zero-order valence-electron chi connectivity index (χ0n) is 57.2. The molecule has 12 heterocycles. The number of fused-ring (bicyclic) bond motifs is 6. The van der Waals surface area contributed by atoms with Crippen LogP contribution in [0, 0.1) is 24.7 Å². The molecule has 15 rings (SSSR count). The summed E-state index contributed by atoms with van der Waals surface area (Å²) in [6.45, 7) is 19.1. The van der Waals surface area contributed by atoms with Gasteiger partial charge in [0.05, 0.1) is 94.7 Å². The van der Waals surface area contributed by atoms with Crippen LogP contribution >= 0.6 is 11.6 Å². The third kappa shape index (κ3) is 16.0. The molecule has 6 N–H and O–H groups in total. The van der Waals surface area contributed by atoms with E-state index in [0.29, 0.717) is 129 Å². The van der Waals surface area contributed by atoms with Crippen LogP contribution in [0.25, 0.3) is 66.2 Å². The third-order valence-corrected chi connectivity index (χ3v) is 18.9. The van der Waals surface area contributed by atoms with Crippen molar-refractivity contribution >= 4 is 113 Å². The molecule has 3 fully saturated rings. The van der Waals surface area contributed by atoms with Crippen molar-refractivity contribution in [1.29, 1.82) is 0 Å². The molecule has 0 radical (unpaired) electrons. The molecule has 522 valence electrons. The van der Waals surface area contributed by atoms with Crippen LogP contribution in [0.5, 0.6) is 17.6 Å². The van der Waals surface area contributed by atoms with Gasteiger partial charge in [-0.1, -0.05) is 41.9 Å². The Morgan fingerprint density at radius 1 is 0.455 bits per heavy atom. The molecule has 0 aliphatic carbocycles. The van der Waals surface area contributed by atoms with E-state index in [1.807, 2.05) is 103 Å². The van der Waals surface area contributed by atoms with Crippen molar-refractivity contribution < 1.29 is 28.6 Å². The monoisotopic (exact) mass is 1390 g/mol. The van der Waals surface area contributed by atoms with E-state index in [1.54, 1.807) is 39.8 Å². The standard InChI is InChI=1S/C24H28N8O2.C23H25ClN8O2.C23H26N8O2/c1-14-5-4-6-18-19(14)24(34-11-17-7-9-32(10-8-17)16(3)33)31-21(30-18)15(2)29-23-20-22(26-12-25-20)27-13-28-23;1-13(29-22-19-21(26-11-25-19)27-12-28-22)20-30-17-5-3-4-16(24)18(17)23(31-20)34-10-15-6-8-32(9-7-15)14(2)33;1-14(28-22-19-21(25-12-24-19)26-13-27-22)20-29-18-6-4-3-5-17(18)23(30-20)33-11-16-7-9-31(10-8-16)15(2)32/h4-6,12-13,15,17H,7-11H2,1-3H3,(H2,25,26,27,28,29);3-5,11-13,15H,6-10H2,1-2H3,(H2,25,26,27,28,29);3-6,12-14,16H,7-11H2,1-2H3,(H2,24,25,26,27,28). The number of amides is 3. The summed E-state index contributed by atoms with van der Waals surface area (Å²) in [4.78, 5) is 116. The average molecular weight is 1390 g/mol. The molecular formula is C70H79ClN24O6. The van der Waals surface area contributed by atoms with Crippen LogP contribution in [-0.2, 0) is 14.4 Å². The maximum atomic E-state index is 11.6. The second-order valence-electron chi connectivity index (χ2n) is 25.6. The number of anilines is 3. The number of nitrogens with one attached hydrogen (secondary N) is 6. The fourth-order valence-electron chi connectivity index (χ4n) is 12.7. The largest absolute Gasteiger partial charge is 0.477 e. The average Bonchev–Trinajstić information content (AvgIpc) is 1.44. The van der Waals surface area contributed by atoms with Gasteiger partial charge in [0.25, 0.3) is 0 Å². The van der Waals surface area contributed by atoms with Gasteiger partial charge in [-0.05, 0) is 120 Å². The van der Waals surface area contributed by atoms with Gasteiger partial charge in [0.2, 0.25) is 35.4 Å². The molecule has 0 saturated carbocycles. The van der Waals surface area contributed by atoms with Gasteiger partial charge in [-0.3, -0.25) is 14.4 Å². The Morgan fingerprint density at radius 3 is 1.24 bits per heavy atom. The van der Waals surface area contributed by atoms with Crippen molar-refractivity contribution in [3.8, 4) is 17.6 Å². The maximum Gasteiger partial charge on any atom is 0.226 e. The van der Waals surface area contributed by atoms with Crippen molar-refractivity contribution in [3.63, 3.8) is 0 Å². The first-order chi connectivity index (χ1) is 49.1. The molecule has 3 saturated heterocycles. The highest BCUT2D eigenvalue weighted by Crippen LogP contribution is 2.35. The SMILES string of the molecule is CC(=O)N1CCC(COc2nc(C(C)Nc3ncnc4nc[nH]c34)nc3cccc(C)c23)CC1.CC(=O)N1CCC(COc2nc(C(C)Nc3ncnc4nc[nH]c34)nc3cccc(Cl)c23)CC1.CC(=O)N1CCC(COc2nc(C(C)Nc3ncnc4nc[nH]c34)nc3ccccc23)CC1. The lowest BCUT2D eigenvalue weighted by Crippen LogP contribution is -2.38. The van der Waals surface area contributed by atoms with Gasteiger partial charge < -0.3 is 59.8 Å². The van der Waals surface area contributed by atoms with E-state index < -0.39 is 0 Å². The van der Waals surface area contributed by atoms with Gasteiger partial charge in [0, 0.05) is 60.0 Å². The molecule has 3 atom stereocenters. The molecule has 3 aliphatic heterocycles. The number of rotatable bonds is 18. The molecular weight excluding hydrogens is 1310 g/mol. The van der Waals surface area contributed by atoms with Crippen LogP contribution in [0.2, 0.25) is 5.02 Å². The minimum absolute atomic E-state index is 0.121. The number of carbonyl (C=O) groups excluding carboxylic acids is 3. The zero-order valence-corrected chi connectivity index (χ0v) is 57.9. The van der Waals surface area contributed by atoms with Crippen LogP contribution in [0.1, 0.15) is 121 Å². The highest BCUT2D eigenvalue weighted by molar-refractivity contribution is 6.35. The number of nitrogens with zero attached hydrogens (tertiary/aromatic N) is 18. The van der Waals surface area contributed by atoms with Gasteiger partial charge in [0.15, 0.2) is 51.9 Å². The Bertz CT molecular complexity index is 4710. The molecule has 3 aliphatic rings. The minimum Gasteiger partial charge on any atom is -0.477 e. The summed E-state index contributed by atoms with van der Waals surface area (Å²) in [7, 11) is 0. The number of ether oxygens (including phenoxy) is 3. The number of hydrogen-bond acceptors (Lipinski definition) is 24. The highest BCUT2D eigenvalue weighted by atomic mass is 35.5. The van der Waals surface area contributed by atoms with Crippen LogP contribution in [0.15, 0.2) is 98.6 Å². The van der Waals surface area contributed by atoms with Crippen molar-refractivity contribution in [2.75, 3.05) is 75.0 Å². The lowest BCUT2D eigenvalue weighted by molar-refractivity contribution is -0.131. The third-order valence-electron chi connectivity index (χ3n) is 18.6. The van der Waals surface area contributed by atoms with E-state index in [1.165, 1.54) is 19.0 Å². The van der Waals surface area contributed by atoms with E-state index in [0.717, 1.165) is 116 Å². The summed E-state index contributed by atoms with van der Waals surface area (Å²) in [5.41, 5.74) is 7.41. The van der Waals surface area contributed by atoms with Crippen molar-refractivity contribution in [2.45, 2.75) is 105 Å². The number of aromatic amines is 3. The zero-order chi connectivity index (χ0) is 70.1. The van der Waals surface area contributed by atoms with Crippen LogP contribution in [0.3, 0.4) is 0 Å². The first-order valence-corrected chi connectivity index (χ1v) is 34.3. The number of carbonyl (C=O) groups is 3. The maximum absolute atomic E-state index is 11.6. The fourth-order valence-corrected chi connectivity index (χ4v) is 12.9. The molecule has 9 aromatic heterocycles. The van der Waals surface area contributed by atoms with Gasteiger partial charge in [0.1, 0.15) is 35.5 Å². The van der Waals surface area contributed by atoms with Gasteiger partial charge in [-0.15, -0.1) is 0 Å². The Kier molecular flexibility index (Phi) is 20.9. The summed E-state index contributed by atoms with van der Waals surface area (Å²) in [6.07, 6.45) is 14.7. The number of benzene rings is 3. The molecule has 3 amide bonds. The lowest BCUT2D eigenvalue weighted by atomic mass is 9.98. The topological polar surface area (TPSA) is 365 Å². The van der Waals surface area contributed by atoms with E-state index in [-0.39, 0.29) is 35.8 Å². The smallest absolute Gasteiger partial charge is 0.226 e. The predicted octanol–water partition coefficient (Wildman–Crippen LogP) is 10.3. The molecule has 30 nitrogen and oxygen atoms in total.